The van der Waals surface area contributed by atoms with Crippen molar-refractivity contribution >= 4 is 29.2 Å². The van der Waals surface area contributed by atoms with Gasteiger partial charge in [-0.05, 0) is 63.3 Å². The van der Waals surface area contributed by atoms with Gasteiger partial charge in [-0.15, -0.1) is 0 Å². The number of methoxy groups -OCH3 is 1. The molecule has 26 heavy (non-hydrogen) atoms. The number of hydrogen-bond donors (Lipinski definition) is 0. The first-order valence-electron chi connectivity index (χ1n) is 8.80. The maximum absolute atomic E-state index is 12.6. The van der Waals surface area contributed by atoms with Crippen molar-refractivity contribution in [3.63, 3.8) is 0 Å². The average molecular weight is 378 g/mol. The molecule has 6 heteroatoms. The van der Waals surface area contributed by atoms with E-state index in [4.69, 9.17) is 21.1 Å². The molecule has 1 amide bonds. The lowest BCUT2D eigenvalue weighted by Gasteiger charge is -2.35. The molecule has 0 saturated carbocycles. The van der Waals surface area contributed by atoms with Crippen molar-refractivity contribution in [3.05, 3.63) is 40.4 Å². The largest absolute Gasteiger partial charge is 0.465 e. The van der Waals surface area contributed by atoms with E-state index >= 15 is 0 Å². The number of nitrogens with zero attached hydrogens (tertiary/aromatic N) is 1. The standard InChI is InChI=1S/C20H24ClNO4/c1-20(2,3)26-19(24)22-14-6-7-15(22)10-12(9-14)16-8-5-13(21)11-17(16)18(23)25-4/h5,8-9,11,14-15H,6-7,10H2,1-4H3. The van der Waals surface area contributed by atoms with Crippen molar-refractivity contribution in [1.82, 2.24) is 4.90 Å². The fourth-order valence-corrected chi connectivity index (χ4v) is 3.88. The molecule has 2 aliphatic heterocycles. The average Bonchev–Trinajstić information content (AvgIpc) is 2.83. The van der Waals surface area contributed by atoms with E-state index in [9.17, 15) is 9.59 Å². The van der Waals surface area contributed by atoms with Crippen molar-refractivity contribution in [2.75, 3.05) is 7.11 Å². The number of rotatable bonds is 2. The summed E-state index contributed by atoms with van der Waals surface area (Å²) in [6.07, 6.45) is 4.30. The van der Waals surface area contributed by atoms with Gasteiger partial charge in [-0.25, -0.2) is 9.59 Å². The van der Waals surface area contributed by atoms with Crippen molar-refractivity contribution in [2.24, 2.45) is 0 Å². The Morgan fingerprint density at radius 3 is 2.58 bits per heavy atom. The van der Waals surface area contributed by atoms with Gasteiger partial charge < -0.3 is 9.47 Å². The Morgan fingerprint density at radius 1 is 1.23 bits per heavy atom. The molecular weight excluding hydrogens is 354 g/mol. The number of ether oxygens (including phenoxy) is 2. The number of halogens is 1. The summed E-state index contributed by atoms with van der Waals surface area (Å²) < 4.78 is 10.5. The van der Waals surface area contributed by atoms with Crippen molar-refractivity contribution in [3.8, 4) is 0 Å². The summed E-state index contributed by atoms with van der Waals surface area (Å²) in [6, 6.07) is 5.32. The van der Waals surface area contributed by atoms with Crippen LogP contribution in [-0.4, -0.2) is 41.8 Å². The van der Waals surface area contributed by atoms with E-state index in [1.807, 2.05) is 31.7 Å². The number of carbonyl (C=O) groups excluding carboxylic acids is 2. The molecule has 2 bridgehead atoms. The first kappa shape index (κ1) is 18.8. The summed E-state index contributed by atoms with van der Waals surface area (Å²) in [7, 11) is 1.36. The van der Waals surface area contributed by atoms with E-state index in [2.05, 4.69) is 6.08 Å². The van der Waals surface area contributed by atoms with Gasteiger partial charge in [0.15, 0.2) is 0 Å². The normalized spacial score (nSPS) is 22.0. The van der Waals surface area contributed by atoms with Crippen molar-refractivity contribution in [2.45, 2.75) is 57.7 Å². The first-order valence-corrected chi connectivity index (χ1v) is 9.17. The molecule has 0 aliphatic carbocycles. The van der Waals surface area contributed by atoms with Gasteiger partial charge in [-0.3, -0.25) is 4.90 Å². The van der Waals surface area contributed by atoms with Crippen LogP contribution >= 0.6 is 11.6 Å². The summed E-state index contributed by atoms with van der Waals surface area (Å²) in [5.74, 6) is -0.412. The molecule has 2 unspecified atom stereocenters. The van der Waals surface area contributed by atoms with Crippen LogP contribution in [-0.2, 0) is 9.47 Å². The molecular formula is C20H24ClNO4. The highest BCUT2D eigenvalue weighted by molar-refractivity contribution is 6.31. The highest BCUT2D eigenvalue weighted by Crippen LogP contribution is 2.40. The zero-order valence-corrected chi connectivity index (χ0v) is 16.3. The van der Waals surface area contributed by atoms with Gasteiger partial charge in [0.05, 0.1) is 18.7 Å². The van der Waals surface area contributed by atoms with Crippen LogP contribution in [0.5, 0.6) is 0 Å². The van der Waals surface area contributed by atoms with Gasteiger partial charge in [-0.2, -0.15) is 0 Å². The molecule has 1 saturated heterocycles. The van der Waals surface area contributed by atoms with E-state index in [-0.39, 0.29) is 18.2 Å². The van der Waals surface area contributed by atoms with Crippen LogP contribution in [0.3, 0.4) is 0 Å². The maximum atomic E-state index is 12.6. The van der Waals surface area contributed by atoms with Gasteiger partial charge in [0.25, 0.3) is 0 Å². The number of hydrogen-bond acceptors (Lipinski definition) is 4. The Bertz CT molecular complexity index is 766. The molecule has 2 aliphatic rings. The lowest BCUT2D eigenvalue weighted by molar-refractivity contribution is 0.0174. The minimum Gasteiger partial charge on any atom is -0.465 e. The zero-order valence-electron chi connectivity index (χ0n) is 15.5. The summed E-state index contributed by atoms with van der Waals surface area (Å²) in [4.78, 5) is 26.5. The van der Waals surface area contributed by atoms with E-state index in [1.165, 1.54) is 7.11 Å². The van der Waals surface area contributed by atoms with Crippen LogP contribution in [0.25, 0.3) is 5.57 Å². The monoisotopic (exact) mass is 377 g/mol. The second-order valence-corrected chi connectivity index (χ2v) is 8.20. The highest BCUT2D eigenvalue weighted by atomic mass is 35.5. The smallest absolute Gasteiger partial charge is 0.411 e. The predicted molar refractivity (Wildman–Crippen MR) is 100 cm³/mol. The summed E-state index contributed by atoms with van der Waals surface area (Å²) in [5.41, 5.74) is 1.81. The van der Waals surface area contributed by atoms with Gasteiger partial charge in [0.1, 0.15) is 5.60 Å². The Balaban J connectivity index is 1.91. The van der Waals surface area contributed by atoms with Crippen LogP contribution in [0, 0.1) is 0 Å². The lowest BCUT2D eigenvalue weighted by Crippen LogP contribution is -2.45. The molecule has 0 spiro atoms. The fraction of sp³-hybridized carbons (Fsp3) is 0.500. The quantitative estimate of drug-likeness (QED) is 0.702. The van der Waals surface area contributed by atoms with Crippen LogP contribution in [0.15, 0.2) is 24.3 Å². The second kappa shape index (κ2) is 6.95. The third-order valence-electron chi connectivity index (χ3n) is 4.73. The second-order valence-electron chi connectivity index (χ2n) is 7.76. The SMILES string of the molecule is COC(=O)c1cc(Cl)ccc1C1=CC2CCC(C1)N2C(=O)OC(C)(C)C. The third-order valence-corrected chi connectivity index (χ3v) is 4.97. The Hall–Kier alpha value is -2.01. The van der Waals surface area contributed by atoms with E-state index in [0.29, 0.717) is 17.0 Å². The van der Waals surface area contributed by atoms with Crippen molar-refractivity contribution < 1.29 is 19.1 Å². The third kappa shape index (κ3) is 3.73. The summed E-state index contributed by atoms with van der Waals surface area (Å²) in [6.45, 7) is 5.61. The number of carbonyl (C=O) groups is 2. The minimum absolute atomic E-state index is 0.0141. The molecule has 3 rings (SSSR count). The van der Waals surface area contributed by atoms with Gasteiger partial charge in [0.2, 0.25) is 0 Å². The highest BCUT2D eigenvalue weighted by Gasteiger charge is 2.42. The zero-order chi connectivity index (χ0) is 19.1. The number of benzene rings is 1. The van der Waals surface area contributed by atoms with Crippen LogP contribution in [0.4, 0.5) is 4.79 Å². The molecule has 0 N–H and O–H groups in total. The first-order chi connectivity index (χ1) is 12.2. The van der Waals surface area contributed by atoms with Crippen molar-refractivity contribution in [1.29, 1.82) is 0 Å². The molecule has 140 valence electrons. The fourth-order valence-electron chi connectivity index (χ4n) is 3.70. The summed E-state index contributed by atoms with van der Waals surface area (Å²) in [5, 5.41) is 0.490. The van der Waals surface area contributed by atoms with E-state index in [1.54, 1.807) is 12.1 Å². The Morgan fingerprint density at radius 2 is 1.96 bits per heavy atom. The molecule has 0 radical (unpaired) electrons. The van der Waals surface area contributed by atoms with E-state index < -0.39 is 11.6 Å². The topological polar surface area (TPSA) is 55.8 Å². The molecule has 2 heterocycles. The molecule has 2 atom stereocenters. The van der Waals surface area contributed by atoms with Gasteiger partial charge >= 0.3 is 12.1 Å². The number of amides is 1. The van der Waals surface area contributed by atoms with E-state index in [0.717, 1.165) is 24.0 Å². The molecule has 5 nitrogen and oxygen atoms in total. The van der Waals surface area contributed by atoms with Crippen LogP contribution < -0.4 is 0 Å². The molecule has 1 aromatic carbocycles. The molecule has 1 fully saturated rings. The molecule has 1 aromatic rings. The Kier molecular flexibility index (Phi) is 5.02. The molecule has 0 aromatic heterocycles. The lowest BCUT2D eigenvalue weighted by atomic mass is 9.91. The maximum Gasteiger partial charge on any atom is 0.411 e. The van der Waals surface area contributed by atoms with Gasteiger partial charge in [-0.1, -0.05) is 23.7 Å². The Labute approximate surface area is 158 Å². The number of fused-ring (bicyclic) bond motifs is 2. The minimum atomic E-state index is -0.519. The number of esters is 1. The predicted octanol–water partition coefficient (Wildman–Crippen LogP) is 4.68. The van der Waals surface area contributed by atoms with Crippen LogP contribution in [0.2, 0.25) is 5.02 Å². The summed E-state index contributed by atoms with van der Waals surface area (Å²) >= 11 is 6.06. The van der Waals surface area contributed by atoms with Crippen LogP contribution in [0.1, 0.15) is 56.0 Å². The van der Waals surface area contributed by atoms with Gasteiger partial charge in [0, 0.05) is 11.1 Å².